The average molecular weight is 478 g/mol. The summed E-state index contributed by atoms with van der Waals surface area (Å²) in [6.45, 7) is 3.20. The Bertz CT molecular complexity index is 1210. The fraction of sp³-hybridized carbons (Fsp3) is 0.320. The van der Waals surface area contributed by atoms with Crippen molar-refractivity contribution in [1.29, 1.82) is 0 Å². The molecule has 1 aliphatic rings. The third kappa shape index (κ3) is 5.16. The molecule has 0 bridgehead atoms. The number of nitrogens with zero attached hydrogens (tertiary/aromatic N) is 3. The second kappa shape index (κ2) is 9.96. The van der Waals surface area contributed by atoms with Crippen molar-refractivity contribution in [3.8, 4) is 11.1 Å². The first-order chi connectivity index (χ1) is 16.8. The van der Waals surface area contributed by atoms with E-state index in [0.717, 1.165) is 22.3 Å². The van der Waals surface area contributed by atoms with E-state index in [1.165, 1.54) is 17.8 Å². The molecule has 4 rings (SSSR count). The van der Waals surface area contributed by atoms with Crippen LogP contribution in [-0.2, 0) is 27.4 Å². The Morgan fingerprint density at radius 3 is 2.31 bits per heavy atom. The first kappa shape index (κ1) is 23.9. The van der Waals surface area contributed by atoms with Crippen molar-refractivity contribution in [1.82, 2.24) is 25.6 Å². The minimum atomic E-state index is -1.36. The highest BCUT2D eigenvalue weighted by atomic mass is 16.5. The minimum absolute atomic E-state index is 0.0351. The molecule has 1 heterocycles. The SMILES string of the molecule is CCC(C)(NC(=O)Cn1cc(CNC(=O)OCC2c3ccccc3-c3ccccc32)nn1)C(=O)O. The summed E-state index contributed by atoms with van der Waals surface area (Å²) in [7, 11) is 0. The van der Waals surface area contributed by atoms with Gasteiger partial charge in [-0.3, -0.25) is 4.79 Å². The monoisotopic (exact) mass is 477 g/mol. The van der Waals surface area contributed by atoms with E-state index in [1.807, 2.05) is 24.3 Å². The highest BCUT2D eigenvalue weighted by Crippen LogP contribution is 2.44. The number of carboxylic acid groups (broad SMARTS) is 1. The van der Waals surface area contributed by atoms with Crippen molar-refractivity contribution >= 4 is 18.0 Å². The molecule has 0 saturated heterocycles. The van der Waals surface area contributed by atoms with Crippen LogP contribution in [0.2, 0.25) is 0 Å². The van der Waals surface area contributed by atoms with Crippen molar-refractivity contribution in [3.05, 3.63) is 71.5 Å². The van der Waals surface area contributed by atoms with Gasteiger partial charge in [-0.1, -0.05) is 60.7 Å². The summed E-state index contributed by atoms with van der Waals surface area (Å²) >= 11 is 0. The zero-order valence-electron chi connectivity index (χ0n) is 19.5. The molecule has 3 aromatic rings. The van der Waals surface area contributed by atoms with Gasteiger partial charge in [0.15, 0.2) is 0 Å². The summed E-state index contributed by atoms with van der Waals surface area (Å²) in [5.41, 5.74) is 3.64. The smallest absolute Gasteiger partial charge is 0.407 e. The largest absolute Gasteiger partial charge is 0.480 e. The van der Waals surface area contributed by atoms with Gasteiger partial charge >= 0.3 is 12.1 Å². The maximum atomic E-state index is 12.3. The zero-order valence-corrected chi connectivity index (χ0v) is 19.5. The summed E-state index contributed by atoms with van der Waals surface area (Å²) in [6, 6.07) is 16.2. The van der Waals surface area contributed by atoms with Gasteiger partial charge in [-0.15, -0.1) is 5.10 Å². The number of alkyl carbamates (subject to hydrolysis) is 1. The number of carboxylic acids is 1. The molecule has 1 unspecified atom stereocenters. The van der Waals surface area contributed by atoms with E-state index in [0.29, 0.717) is 5.69 Å². The number of aromatic nitrogens is 3. The lowest BCUT2D eigenvalue weighted by Gasteiger charge is -2.24. The molecule has 3 N–H and O–H groups in total. The van der Waals surface area contributed by atoms with Crippen LogP contribution < -0.4 is 10.6 Å². The predicted molar refractivity (Wildman–Crippen MR) is 126 cm³/mol. The lowest BCUT2D eigenvalue weighted by Crippen LogP contribution is -2.52. The number of rotatable bonds is 9. The van der Waals surface area contributed by atoms with Gasteiger partial charge in [-0.2, -0.15) is 0 Å². The second-order valence-electron chi connectivity index (χ2n) is 8.63. The molecular formula is C25H27N5O5. The van der Waals surface area contributed by atoms with Gasteiger partial charge in [-0.05, 0) is 35.6 Å². The molecule has 0 fully saturated rings. The Labute approximate surface area is 202 Å². The van der Waals surface area contributed by atoms with Crippen LogP contribution in [0.1, 0.15) is 43.0 Å². The number of carbonyl (C=O) groups excluding carboxylic acids is 2. The van der Waals surface area contributed by atoms with Crippen LogP contribution in [0.3, 0.4) is 0 Å². The van der Waals surface area contributed by atoms with Crippen LogP contribution in [0, 0.1) is 0 Å². The number of carbonyl (C=O) groups is 3. The van der Waals surface area contributed by atoms with E-state index in [2.05, 4.69) is 45.2 Å². The molecule has 1 atom stereocenters. The fourth-order valence-corrected chi connectivity index (χ4v) is 4.10. The van der Waals surface area contributed by atoms with E-state index in [9.17, 15) is 19.5 Å². The van der Waals surface area contributed by atoms with Crippen LogP contribution in [-0.4, -0.2) is 50.2 Å². The van der Waals surface area contributed by atoms with E-state index >= 15 is 0 Å². The standard InChI is InChI=1S/C25H27N5O5/c1-3-25(2,23(32)33)27-22(31)14-30-13-16(28-29-30)12-26-24(34)35-15-21-19-10-6-4-8-17(19)18-9-5-7-11-20(18)21/h4-11,13,21H,3,12,14-15H2,1-2H3,(H,26,34)(H,27,31)(H,32,33). The number of ether oxygens (including phenoxy) is 1. The molecule has 2 amide bonds. The first-order valence-electron chi connectivity index (χ1n) is 11.3. The second-order valence-corrected chi connectivity index (χ2v) is 8.63. The first-order valence-corrected chi connectivity index (χ1v) is 11.3. The van der Waals surface area contributed by atoms with Gasteiger partial charge in [-0.25, -0.2) is 14.3 Å². The number of hydrogen-bond donors (Lipinski definition) is 3. The quantitative estimate of drug-likeness (QED) is 0.431. The summed E-state index contributed by atoms with van der Waals surface area (Å²) in [5.74, 6) is -1.65. The van der Waals surface area contributed by atoms with E-state index in [-0.39, 0.29) is 32.0 Å². The number of benzene rings is 2. The maximum absolute atomic E-state index is 12.3. The van der Waals surface area contributed by atoms with E-state index in [4.69, 9.17) is 4.74 Å². The molecule has 0 saturated carbocycles. The number of nitrogens with one attached hydrogen (secondary N) is 2. The van der Waals surface area contributed by atoms with Gasteiger partial charge in [0.05, 0.1) is 12.7 Å². The molecular weight excluding hydrogens is 450 g/mol. The van der Waals surface area contributed by atoms with Crippen LogP contribution in [0.4, 0.5) is 4.79 Å². The van der Waals surface area contributed by atoms with E-state index in [1.54, 1.807) is 6.92 Å². The van der Waals surface area contributed by atoms with Crippen LogP contribution in [0.15, 0.2) is 54.7 Å². The molecule has 10 nitrogen and oxygen atoms in total. The van der Waals surface area contributed by atoms with Crippen molar-refractivity contribution < 1.29 is 24.2 Å². The van der Waals surface area contributed by atoms with Gasteiger partial charge in [0.25, 0.3) is 0 Å². The molecule has 35 heavy (non-hydrogen) atoms. The van der Waals surface area contributed by atoms with Crippen LogP contribution in [0.5, 0.6) is 0 Å². The number of hydrogen-bond acceptors (Lipinski definition) is 6. The van der Waals surface area contributed by atoms with Crippen molar-refractivity contribution in [2.75, 3.05) is 6.61 Å². The van der Waals surface area contributed by atoms with Crippen LogP contribution >= 0.6 is 0 Å². The number of aliphatic carboxylic acids is 1. The van der Waals surface area contributed by atoms with Crippen molar-refractivity contribution in [3.63, 3.8) is 0 Å². The van der Waals surface area contributed by atoms with E-state index < -0.39 is 23.5 Å². The molecule has 0 radical (unpaired) electrons. The normalized spacial score (nSPS) is 13.9. The molecule has 182 valence electrons. The summed E-state index contributed by atoms with van der Waals surface area (Å²) < 4.78 is 6.78. The molecule has 2 aromatic carbocycles. The average Bonchev–Trinajstić information content (AvgIpc) is 3.43. The Hall–Kier alpha value is -4.21. The minimum Gasteiger partial charge on any atom is -0.480 e. The fourth-order valence-electron chi connectivity index (χ4n) is 4.10. The summed E-state index contributed by atoms with van der Waals surface area (Å²) in [5, 5.41) is 22.2. The Morgan fingerprint density at radius 1 is 1.09 bits per heavy atom. The van der Waals surface area contributed by atoms with Crippen molar-refractivity contribution in [2.45, 2.75) is 44.8 Å². The number of amides is 2. The molecule has 10 heteroatoms. The Morgan fingerprint density at radius 2 is 1.71 bits per heavy atom. The zero-order chi connectivity index (χ0) is 25.0. The van der Waals surface area contributed by atoms with Gasteiger partial charge in [0.2, 0.25) is 5.91 Å². The van der Waals surface area contributed by atoms with Gasteiger partial charge in [0, 0.05) is 5.92 Å². The lowest BCUT2D eigenvalue weighted by atomic mass is 9.98. The predicted octanol–water partition coefficient (Wildman–Crippen LogP) is 2.69. The molecule has 1 aromatic heterocycles. The van der Waals surface area contributed by atoms with Crippen LogP contribution in [0.25, 0.3) is 11.1 Å². The third-order valence-electron chi connectivity index (χ3n) is 6.24. The molecule has 0 spiro atoms. The lowest BCUT2D eigenvalue weighted by molar-refractivity contribution is -0.147. The highest BCUT2D eigenvalue weighted by molar-refractivity contribution is 5.86. The van der Waals surface area contributed by atoms with Crippen molar-refractivity contribution in [2.24, 2.45) is 0 Å². The maximum Gasteiger partial charge on any atom is 0.407 e. The topological polar surface area (TPSA) is 135 Å². The van der Waals surface area contributed by atoms with Gasteiger partial charge < -0.3 is 20.5 Å². The Kier molecular flexibility index (Phi) is 6.81. The summed E-state index contributed by atoms with van der Waals surface area (Å²) in [6.07, 6.45) is 1.16. The highest BCUT2D eigenvalue weighted by Gasteiger charge is 2.33. The number of fused-ring (bicyclic) bond motifs is 3. The molecule has 0 aliphatic heterocycles. The molecule has 1 aliphatic carbocycles. The summed E-state index contributed by atoms with van der Waals surface area (Å²) in [4.78, 5) is 35.9. The Balaban J connectivity index is 1.28. The van der Waals surface area contributed by atoms with Gasteiger partial charge in [0.1, 0.15) is 24.4 Å². The third-order valence-corrected chi connectivity index (χ3v) is 6.24.